The molecule has 3 aliphatic carbocycles. The maximum Gasteiger partial charge on any atom is 0.174 e. The molecule has 126 valence electrons. The lowest BCUT2D eigenvalue weighted by Crippen LogP contribution is -2.79. The van der Waals surface area contributed by atoms with Crippen LogP contribution in [0.4, 0.5) is 0 Å². The van der Waals surface area contributed by atoms with Gasteiger partial charge in [-0.15, -0.1) is 0 Å². The van der Waals surface area contributed by atoms with Crippen LogP contribution in [-0.4, -0.2) is 35.2 Å². The molecular formula is C20H23NO3. The molecule has 5 unspecified atom stereocenters. The fraction of sp³-hybridized carbons (Fsp3) is 0.650. The third-order valence-corrected chi connectivity index (χ3v) is 7.52. The number of Topliss-reactive ketones (excluding diaryl/α,β-unsaturated/α-hetero) is 1. The average molecular weight is 325 g/mol. The molecule has 5 atom stereocenters. The minimum Gasteiger partial charge on any atom is -0.481 e. The lowest BCUT2D eigenvalue weighted by atomic mass is 9.45. The first-order valence-corrected chi connectivity index (χ1v) is 9.42. The fourth-order valence-electron chi connectivity index (χ4n) is 6.41. The van der Waals surface area contributed by atoms with Crippen molar-refractivity contribution in [1.29, 1.82) is 0 Å². The van der Waals surface area contributed by atoms with Crippen molar-refractivity contribution in [3.05, 3.63) is 29.3 Å². The van der Waals surface area contributed by atoms with Crippen molar-refractivity contribution >= 4 is 5.78 Å². The van der Waals surface area contributed by atoms with Crippen molar-refractivity contribution in [2.24, 2.45) is 11.8 Å². The quantitative estimate of drug-likeness (QED) is 0.869. The first kappa shape index (κ1) is 13.9. The van der Waals surface area contributed by atoms with Crippen LogP contribution in [0.25, 0.3) is 0 Å². The van der Waals surface area contributed by atoms with Gasteiger partial charge in [0.2, 0.25) is 0 Å². The van der Waals surface area contributed by atoms with Gasteiger partial charge in [-0.3, -0.25) is 4.79 Å². The molecule has 2 aliphatic heterocycles. The summed E-state index contributed by atoms with van der Waals surface area (Å²) in [5.41, 5.74) is 1.06. The number of piperidine rings is 1. The van der Waals surface area contributed by atoms with Gasteiger partial charge in [0.05, 0.1) is 11.0 Å². The molecule has 4 nitrogen and oxygen atoms in total. The van der Waals surface area contributed by atoms with E-state index >= 15 is 0 Å². The Morgan fingerprint density at radius 1 is 1.33 bits per heavy atom. The van der Waals surface area contributed by atoms with Gasteiger partial charge in [-0.1, -0.05) is 25.0 Å². The van der Waals surface area contributed by atoms with Crippen molar-refractivity contribution in [1.82, 2.24) is 5.32 Å². The van der Waals surface area contributed by atoms with Gasteiger partial charge >= 0.3 is 0 Å². The Hall–Kier alpha value is -1.39. The summed E-state index contributed by atoms with van der Waals surface area (Å²) in [4.78, 5) is 12.9. The van der Waals surface area contributed by atoms with Gasteiger partial charge < -0.3 is 15.2 Å². The molecule has 1 spiro atoms. The summed E-state index contributed by atoms with van der Waals surface area (Å²) in [6.45, 7) is 0.893. The number of hydrogen-bond acceptors (Lipinski definition) is 4. The Balaban J connectivity index is 1.65. The van der Waals surface area contributed by atoms with E-state index < -0.39 is 17.1 Å². The topological polar surface area (TPSA) is 58.6 Å². The van der Waals surface area contributed by atoms with Crippen molar-refractivity contribution in [3.63, 3.8) is 0 Å². The largest absolute Gasteiger partial charge is 0.481 e. The molecule has 5 aliphatic rings. The Morgan fingerprint density at radius 3 is 3.04 bits per heavy atom. The summed E-state index contributed by atoms with van der Waals surface area (Å²) in [6.07, 6.45) is 5.04. The number of rotatable bonds is 2. The molecule has 6 rings (SSSR count). The highest BCUT2D eigenvalue weighted by Gasteiger charge is 2.74. The van der Waals surface area contributed by atoms with Gasteiger partial charge in [0.1, 0.15) is 5.75 Å². The monoisotopic (exact) mass is 325 g/mol. The highest BCUT2D eigenvalue weighted by Crippen LogP contribution is 2.65. The smallest absolute Gasteiger partial charge is 0.174 e. The van der Waals surface area contributed by atoms with Gasteiger partial charge in [-0.25, -0.2) is 0 Å². The number of ketones is 1. The van der Waals surface area contributed by atoms with Crippen LogP contribution in [0.2, 0.25) is 0 Å². The maximum atomic E-state index is 12.9. The molecule has 0 radical (unpaired) electrons. The minimum atomic E-state index is -0.858. The van der Waals surface area contributed by atoms with Crippen molar-refractivity contribution < 1.29 is 14.6 Å². The van der Waals surface area contributed by atoms with E-state index in [0.29, 0.717) is 12.8 Å². The van der Waals surface area contributed by atoms with Crippen LogP contribution in [-0.2, 0) is 16.6 Å². The van der Waals surface area contributed by atoms with E-state index in [1.165, 1.54) is 24.0 Å². The summed E-state index contributed by atoms with van der Waals surface area (Å²) < 4.78 is 6.25. The van der Waals surface area contributed by atoms with E-state index in [4.69, 9.17) is 4.74 Å². The molecule has 2 N–H and O–H groups in total. The Labute approximate surface area is 141 Å². The number of nitrogens with one attached hydrogen (secondary N) is 1. The Kier molecular flexibility index (Phi) is 2.44. The number of benzene rings is 1. The van der Waals surface area contributed by atoms with Gasteiger partial charge in [0, 0.05) is 18.0 Å². The van der Waals surface area contributed by atoms with E-state index in [1.54, 1.807) is 0 Å². The van der Waals surface area contributed by atoms with Crippen molar-refractivity contribution in [2.45, 2.75) is 61.7 Å². The van der Waals surface area contributed by atoms with E-state index in [1.807, 2.05) is 12.1 Å². The zero-order valence-electron chi connectivity index (χ0n) is 13.8. The number of carbonyl (C=O) groups excluding carboxylic acids is 1. The first-order chi connectivity index (χ1) is 11.6. The van der Waals surface area contributed by atoms with E-state index in [0.717, 1.165) is 31.1 Å². The third-order valence-electron chi connectivity index (χ3n) is 7.52. The first-order valence-electron chi connectivity index (χ1n) is 9.42. The van der Waals surface area contributed by atoms with E-state index in [-0.39, 0.29) is 17.7 Å². The molecule has 1 aromatic carbocycles. The SMILES string of the molecule is O=C1CCC2(O)C3Cc4cccc5c4C2(C(CC2CC2)CN3)C1O5. The molecular weight excluding hydrogens is 302 g/mol. The molecule has 4 heteroatoms. The van der Waals surface area contributed by atoms with Crippen LogP contribution in [0.15, 0.2) is 18.2 Å². The molecule has 0 amide bonds. The summed E-state index contributed by atoms with van der Waals surface area (Å²) in [6, 6.07) is 6.23. The molecule has 24 heavy (non-hydrogen) atoms. The number of carbonyl (C=O) groups is 1. The van der Waals surface area contributed by atoms with Gasteiger partial charge in [0.15, 0.2) is 11.9 Å². The van der Waals surface area contributed by atoms with E-state index in [9.17, 15) is 9.90 Å². The maximum absolute atomic E-state index is 12.9. The molecule has 1 aromatic rings. The summed E-state index contributed by atoms with van der Waals surface area (Å²) in [7, 11) is 0. The van der Waals surface area contributed by atoms with Crippen LogP contribution in [0.5, 0.6) is 5.75 Å². The highest BCUT2D eigenvalue weighted by molar-refractivity contribution is 5.89. The summed E-state index contributed by atoms with van der Waals surface area (Å²) in [5.74, 6) is 2.08. The minimum absolute atomic E-state index is 0.0352. The lowest BCUT2D eigenvalue weighted by Gasteiger charge is -2.63. The zero-order chi connectivity index (χ0) is 16.1. The Bertz CT molecular complexity index is 757. The van der Waals surface area contributed by atoms with Crippen LogP contribution in [0.3, 0.4) is 0 Å². The van der Waals surface area contributed by atoms with Crippen LogP contribution >= 0.6 is 0 Å². The molecule has 0 aromatic heterocycles. The predicted octanol–water partition coefficient (Wildman–Crippen LogP) is 1.72. The van der Waals surface area contributed by atoms with Crippen LogP contribution < -0.4 is 10.1 Å². The van der Waals surface area contributed by atoms with Crippen molar-refractivity contribution in [3.8, 4) is 5.75 Å². The lowest BCUT2D eigenvalue weighted by molar-refractivity contribution is -0.181. The second-order valence-electron chi connectivity index (χ2n) is 8.59. The molecule has 1 saturated heterocycles. The molecule has 2 saturated carbocycles. The van der Waals surface area contributed by atoms with Gasteiger partial charge in [0.25, 0.3) is 0 Å². The van der Waals surface area contributed by atoms with Crippen LogP contribution in [0, 0.1) is 11.8 Å². The normalized spacial score (nSPS) is 44.9. The summed E-state index contributed by atoms with van der Waals surface area (Å²) in [5, 5.41) is 15.6. The number of aliphatic hydroxyl groups is 1. The Morgan fingerprint density at radius 2 is 2.21 bits per heavy atom. The molecule has 2 bridgehead atoms. The fourth-order valence-corrected chi connectivity index (χ4v) is 6.41. The van der Waals surface area contributed by atoms with E-state index in [2.05, 4.69) is 11.4 Å². The number of hydrogen-bond donors (Lipinski definition) is 2. The van der Waals surface area contributed by atoms with Crippen molar-refractivity contribution in [2.75, 3.05) is 6.54 Å². The predicted molar refractivity (Wildman–Crippen MR) is 88.1 cm³/mol. The number of ether oxygens (including phenoxy) is 1. The highest BCUT2D eigenvalue weighted by atomic mass is 16.5. The average Bonchev–Trinajstić information content (AvgIpc) is 3.30. The van der Waals surface area contributed by atoms with Gasteiger partial charge in [-0.05, 0) is 49.3 Å². The standard InChI is InChI=1S/C20H23NO3/c22-14-6-7-19(23)16-9-12-2-1-3-15-17(12)20(19,18(14)24-15)13(10-21-16)8-11-4-5-11/h1-3,11,13,16,18,21,23H,4-10H2. The summed E-state index contributed by atoms with van der Waals surface area (Å²) >= 11 is 0. The third kappa shape index (κ3) is 1.39. The van der Waals surface area contributed by atoms with Gasteiger partial charge in [-0.2, -0.15) is 0 Å². The molecule has 3 fully saturated rings. The van der Waals surface area contributed by atoms with Crippen LogP contribution in [0.1, 0.15) is 43.2 Å². The zero-order valence-corrected chi connectivity index (χ0v) is 13.8. The second-order valence-corrected chi connectivity index (χ2v) is 8.59. The molecule has 2 heterocycles. The second kappa shape index (κ2) is 4.23.